The standard InChI is InChI=1S/C18H25N3O2/c1-15-5-3-6-17(11-15)23-14-18(22)8-4-10-21(13-18)12-16-7-9-19-20(16)2/h3,5-7,9,11,22H,4,8,10,12-14H2,1-2H3/t18-/m0/s1. The summed E-state index contributed by atoms with van der Waals surface area (Å²) in [6.45, 7) is 4.81. The second-order valence-electron chi connectivity index (χ2n) is 6.59. The van der Waals surface area contributed by atoms with Crippen LogP contribution in [0.25, 0.3) is 0 Å². The summed E-state index contributed by atoms with van der Waals surface area (Å²) in [6.07, 6.45) is 3.57. The lowest BCUT2D eigenvalue weighted by atomic mass is 9.93. The Morgan fingerprint density at radius 1 is 1.35 bits per heavy atom. The van der Waals surface area contributed by atoms with E-state index < -0.39 is 5.60 Å². The van der Waals surface area contributed by atoms with Crippen LogP contribution < -0.4 is 4.74 Å². The van der Waals surface area contributed by atoms with Gasteiger partial charge < -0.3 is 9.84 Å². The SMILES string of the molecule is Cc1cccc(OC[C@]2(O)CCCN(Cc3ccnn3C)C2)c1. The molecule has 124 valence electrons. The van der Waals surface area contributed by atoms with Gasteiger partial charge in [0.05, 0.1) is 5.69 Å². The highest BCUT2D eigenvalue weighted by molar-refractivity contribution is 5.27. The Bertz CT molecular complexity index is 655. The van der Waals surface area contributed by atoms with E-state index >= 15 is 0 Å². The predicted octanol–water partition coefficient (Wildman–Crippen LogP) is 2.13. The van der Waals surface area contributed by atoms with Crippen molar-refractivity contribution in [2.24, 2.45) is 7.05 Å². The molecule has 3 rings (SSSR count). The van der Waals surface area contributed by atoms with Crippen LogP contribution in [0.1, 0.15) is 24.1 Å². The molecule has 0 radical (unpaired) electrons. The number of piperidine rings is 1. The monoisotopic (exact) mass is 315 g/mol. The van der Waals surface area contributed by atoms with Gasteiger partial charge in [-0.2, -0.15) is 5.10 Å². The first-order valence-electron chi connectivity index (χ1n) is 8.15. The third-order valence-electron chi connectivity index (χ3n) is 4.44. The molecule has 0 spiro atoms. The maximum atomic E-state index is 10.9. The van der Waals surface area contributed by atoms with Crippen LogP contribution in [0.2, 0.25) is 0 Å². The van der Waals surface area contributed by atoms with Gasteiger partial charge in [0.15, 0.2) is 0 Å². The Hall–Kier alpha value is -1.85. The van der Waals surface area contributed by atoms with Gasteiger partial charge in [-0.05, 0) is 50.1 Å². The number of likely N-dealkylation sites (tertiary alicyclic amines) is 1. The van der Waals surface area contributed by atoms with Gasteiger partial charge in [-0.1, -0.05) is 12.1 Å². The number of β-amino-alcohol motifs (C(OH)–C–C–N with tert-alkyl or cyclic N) is 1. The highest BCUT2D eigenvalue weighted by Gasteiger charge is 2.34. The lowest BCUT2D eigenvalue weighted by Gasteiger charge is -2.38. The van der Waals surface area contributed by atoms with E-state index in [1.165, 1.54) is 0 Å². The number of hydrogen-bond acceptors (Lipinski definition) is 4. The predicted molar refractivity (Wildman–Crippen MR) is 89.3 cm³/mol. The molecule has 5 nitrogen and oxygen atoms in total. The Morgan fingerprint density at radius 2 is 2.22 bits per heavy atom. The van der Waals surface area contributed by atoms with Crippen LogP contribution in [0.3, 0.4) is 0 Å². The summed E-state index contributed by atoms with van der Waals surface area (Å²) in [7, 11) is 1.95. The molecule has 0 amide bonds. The van der Waals surface area contributed by atoms with Crippen LogP contribution in [0.4, 0.5) is 0 Å². The molecule has 1 atom stereocenters. The molecule has 1 fully saturated rings. The van der Waals surface area contributed by atoms with E-state index in [4.69, 9.17) is 4.74 Å². The largest absolute Gasteiger partial charge is 0.491 e. The Balaban J connectivity index is 1.59. The molecule has 1 saturated heterocycles. The molecule has 1 aliphatic heterocycles. The van der Waals surface area contributed by atoms with Gasteiger partial charge in [0, 0.05) is 26.3 Å². The van der Waals surface area contributed by atoms with Crippen LogP contribution in [0.5, 0.6) is 5.75 Å². The minimum atomic E-state index is -0.791. The summed E-state index contributed by atoms with van der Waals surface area (Å²) in [4.78, 5) is 2.28. The van der Waals surface area contributed by atoms with Crippen molar-refractivity contribution in [3.8, 4) is 5.75 Å². The van der Waals surface area contributed by atoms with E-state index in [-0.39, 0.29) is 0 Å². The smallest absolute Gasteiger partial charge is 0.119 e. The number of rotatable bonds is 5. The summed E-state index contributed by atoms with van der Waals surface area (Å²) in [5, 5.41) is 15.1. The molecule has 23 heavy (non-hydrogen) atoms. The highest BCUT2D eigenvalue weighted by Crippen LogP contribution is 2.24. The normalized spacial score (nSPS) is 22.2. The summed E-state index contributed by atoms with van der Waals surface area (Å²) in [6, 6.07) is 9.98. The van der Waals surface area contributed by atoms with Crippen LogP contribution >= 0.6 is 0 Å². The molecular weight excluding hydrogens is 290 g/mol. The minimum Gasteiger partial charge on any atom is -0.491 e. The highest BCUT2D eigenvalue weighted by atomic mass is 16.5. The number of ether oxygens (including phenoxy) is 1. The Morgan fingerprint density at radius 3 is 2.96 bits per heavy atom. The van der Waals surface area contributed by atoms with Gasteiger partial charge in [0.25, 0.3) is 0 Å². The minimum absolute atomic E-state index is 0.332. The molecule has 1 aliphatic rings. The second-order valence-corrected chi connectivity index (χ2v) is 6.59. The van der Waals surface area contributed by atoms with Crippen molar-refractivity contribution >= 4 is 0 Å². The quantitative estimate of drug-likeness (QED) is 0.918. The van der Waals surface area contributed by atoms with Crippen LogP contribution in [0.15, 0.2) is 36.5 Å². The summed E-state index contributed by atoms with van der Waals surface area (Å²) < 4.78 is 7.73. The molecule has 0 saturated carbocycles. The van der Waals surface area contributed by atoms with Crippen molar-refractivity contribution < 1.29 is 9.84 Å². The molecule has 5 heteroatoms. The first-order valence-corrected chi connectivity index (χ1v) is 8.15. The van der Waals surface area contributed by atoms with Gasteiger partial charge >= 0.3 is 0 Å². The average Bonchev–Trinajstić information content (AvgIpc) is 2.91. The van der Waals surface area contributed by atoms with E-state index in [1.54, 1.807) is 0 Å². The summed E-state index contributed by atoms with van der Waals surface area (Å²) >= 11 is 0. The molecule has 2 aromatic rings. The van der Waals surface area contributed by atoms with Crippen molar-refractivity contribution in [3.05, 3.63) is 47.8 Å². The second kappa shape index (κ2) is 6.72. The van der Waals surface area contributed by atoms with Gasteiger partial charge in [-0.15, -0.1) is 0 Å². The molecule has 0 bridgehead atoms. The Labute approximate surface area is 137 Å². The topological polar surface area (TPSA) is 50.5 Å². The van der Waals surface area contributed by atoms with Gasteiger partial charge in [-0.3, -0.25) is 9.58 Å². The lowest BCUT2D eigenvalue weighted by molar-refractivity contribution is -0.0625. The molecule has 0 aliphatic carbocycles. The first kappa shape index (κ1) is 16.0. The van der Waals surface area contributed by atoms with E-state index in [9.17, 15) is 5.11 Å². The Kier molecular flexibility index (Phi) is 4.68. The summed E-state index contributed by atoms with van der Waals surface area (Å²) in [5.74, 6) is 0.821. The van der Waals surface area contributed by atoms with Crippen molar-refractivity contribution in [2.45, 2.75) is 31.9 Å². The van der Waals surface area contributed by atoms with Crippen molar-refractivity contribution in [3.63, 3.8) is 0 Å². The first-order chi connectivity index (χ1) is 11.0. The molecule has 1 N–H and O–H groups in total. The molecule has 1 aromatic heterocycles. The van der Waals surface area contributed by atoms with Gasteiger partial charge in [0.1, 0.15) is 18.0 Å². The van der Waals surface area contributed by atoms with Crippen LogP contribution in [-0.4, -0.2) is 45.1 Å². The van der Waals surface area contributed by atoms with E-state index in [0.29, 0.717) is 13.2 Å². The number of hydrogen-bond donors (Lipinski definition) is 1. The van der Waals surface area contributed by atoms with Crippen LogP contribution in [0, 0.1) is 6.92 Å². The fourth-order valence-corrected chi connectivity index (χ4v) is 3.17. The molecule has 2 heterocycles. The maximum Gasteiger partial charge on any atom is 0.119 e. The summed E-state index contributed by atoms with van der Waals surface area (Å²) in [5.41, 5.74) is 1.53. The zero-order valence-corrected chi connectivity index (χ0v) is 13.9. The lowest BCUT2D eigenvalue weighted by Crippen LogP contribution is -2.51. The van der Waals surface area contributed by atoms with Crippen molar-refractivity contribution in [2.75, 3.05) is 19.7 Å². The van der Waals surface area contributed by atoms with Gasteiger partial charge in [-0.25, -0.2) is 0 Å². The number of aryl methyl sites for hydroxylation is 2. The fourth-order valence-electron chi connectivity index (χ4n) is 3.17. The zero-order valence-electron chi connectivity index (χ0n) is 13.9. The fraction of sp³-hybridized carbons (Fsp3) is 0.500. The zero-order chi connectivity index (χ0) is 16.3. The maximum absolute atomic E-state index is 10.9. The van der Waals surface area contributed by atoms with Crippen molar-refractivity contribution in [1.82, 2.24) is 14.7 Å². The molecule has 1 aromatic carbocycles. The number of nitrogens with zero attached hydrogens (tertiary/aromatic N) is 3. The average molecular weight is 315 g/mol. The third-order valence-corrected chi connectivity index (χ3v) is 4.44. The number of benzene rings is 1. The third kappa shape index (κ3) is 4.12. The molecular formula is C18H25N3O2. The van der Waals surface area contributed by atoms with E-state index in [0.717, 1.165) is 42.9 Å². The van der Waals surface area contributed by atoms with Crippen LogP contribution in [-0.2, 0) is 13.6 Å². The van der Waals surface area contributed by atoms with Gasteiger partial charge in [0.2, 0.25) is 0 Å². The number of aliphatic hydroxyl groups is 1. The van der Waals surface area contributed by atoms with E-state index in [2.05, 4.69) is 10.00 Å². The molecule has 0 unspecified atom stereocenters. The van der Waals surface area contributed by atoms with E-state index in [1.807, 2.05) is 55.2 Å². The number of aromatic nitrogens is 2. The van der Waals surface area contributed by atoms with Crippen molar-refractivity contribution in [1.29, 1.82) is 0 Å².